The van der Waals surface area contributed by atoms with Gasteiger partial charge in [-0.25, -0.2) is 0 Å². The summed E-state index contributed by atoms with van der Waals surface area (Å²) in [5.41, 5.74) is 4.00. The van der Waals surface area contributed by atoms with Gasteiger partial charge in [0.1, 0.15) is 0 Å². The molecule has 1 unspecified atom stereocenters. The van der Waals surface area contributed by atoms with Crippen molar-refractivity contribution in [3.8, 4) is 0 Å². The van der Waals surface area contributed by atoms with E-state index < -0.39 is 0 Å². The van der Waals surface area contributed by atoms with Crippen LogP contribution in [0, 0.1) is 13.8 Å². The Bertz CT molecular complexity index is 366. The van der Waals surface area contributed by atoms with Gasteiger partial charge in [-0.2, -0.15) is 5.10 Å². The zero-order valence-electron chi connectivity index (χ0n) is 12.9. The second kappa shape index (κ2) is 6.93. The minimum Gasteiger partial charge on any atom is -0.315 e. The summed E-state index contributed by atoms with van der Waals surface area (Å²) in [7, 11) is 0. The average molecular weight is 251 g/mol. The molecule has 0 radical (unpaired) electrons. The molecular weight excluding hydrogens is 222 g/mol. The zero-order valence-corrected chi connectivity index (χ0v) is 12.9. The van der Waals surface area contributed by atoms with Crippen LogP contribution in [-0.4, -0.2) is 22.4 Å². The molecule has 0 saturated carbocycles. The molecule has 3 nitrogen and oxygen atoms in total. The Morgan fingerprint density at radius 3 is 2.44 bits per heavy atom. The average Bonchev–Trinajstić information content (AvgIpc) is 2.60. The Labute approximate surface area is 112 Å². The summed E-state index contributed by atoms with van der Waals surface area (Å²) in [6.07, 6.45) is 3.45. The summed E-state index contributed by atoms with van der Waals surface area (Å²) < 4.78 is 2.19. The van der Waals surface area contributed by atoms with Gasteiger partial charge in [0.2, 0.25) is 0 Å². The maximum absolute atomic E-state index is 4.69. The van der Waals surface area contributed by atoms with Crippen LogP contribution in [-0.2, 0) is 6.42 Å². The van der Waals surface area contributed by atoms with Crippen LogP contribution in [0.2, 0.25) is 0 Å². The largest absolute Gasteiger partial charge is 0.315 e. The molecule has 1 heterocycles. The van der Waals surface area contributed by atoms with Crippen LogP contribution in [0.15, 0.2) is 0 Å². The van der Waals surface area contributed by atoms with Crippen LogP contribution in [0.5, 0.6) is 0 Å². The highest BCUT2D eigenvalue weighted by atomic mass is 15.3. The van der Waals surface area contributed by atoms with Gasteiger partial charge in [0.15, 0.2) is 0 Å². The Kier molecular flexibility index (Phi) is 5.86. The first-order chi connectivity index (χ1) is 8.47. The minimum atomic E-state index is 0.506. The molecular formula is C15H29N3. The molecule has 0 aliphatic heterocycles. The fourth-order valence-electron chi connectivity index (χ4n) is 2.32. The van der Waals surface area contributed by atoms with Crippen LogP contribution in [0.3, 0.4) is 0 Å². The molecule has 0 aliphatic rings. The molecule has 1 rings (SSSR count). The SMILES string of the molecule is CCC(C)n1nc(C)c(CCCNC(C)C)c1C. The summed E-state index contributed by atoms with van der Waals surface area (Å²) in [6, 6.07) is 1.08. The van der Waals surface area contributed by atoms with Crippen molar-refractivity contribution in [2.75, 3.05) is 6.54 Å². The van der Waals surface area contributed by atoms with Gasteiger partial charge in [-0.1, -0.05) is 20.8 Å². The Balaban J connectivity index is 2.63. The Morgan fingerprint density at radius 2 is 1.89 bits per heavy atom. The van der Waals surface area contributed by atoms with E-state index in [1.165, 1.54) is 23.4 Å². The first-order valence-corrected chi connectivity index (χ1v) is 7.25. The number of nitrogens with one attached hydrogen (secondary N) is 1. The summed E-state index contributed by atoms with van der Waals surface area (Å²) in [4.78, 5) is 0. The van der Waals surface area contributed by atoms with Crippen molar-refractivity contribution in [2.45, 2.75) is 72.9 Å². The third-order valence-corrected chi connectivity index (χ3v) is 3.64. The van der Waals surface area contributed by atoms with Crippen LogP contribution in [0.4, 0.5) is 0 Å². The van der Waals surface area contributed by atoms with Gasteiger partial charge in [-0.05, 0) is 52.1 Å². The summed E-state index contributed by atoms with van der Waals surface area (Å²) >= 11 is 0. The van der Waals surface area contributed by atoms with Gasteiger partial charge < -0.3 is 5.32 Å². The lowest BCUT2D eigenvalue weighted by atomic mass is 10.1. The number of rotatable bonds is 7. The second-order valence-corrected chi connectivity index (χ2v) is 5.56. The minimum absolute atomic E-state index is 0.506. The van der Waals surface area contributed by atoms with Gasteiger partial charge in [0, 0.05) is 17.8 Å². The van der Waals surface area contributed by atoms with Crippen molar-refractivity contribution in [2.24, 2.45) is 0 Å². The molecule has 0 spiro atoms. The normalized spacial score (nSPS) is 13.3. The molecule has 1 N–H and O–H groups in total. The van der Waals surface area contributed by atoms with Crippen LogP contribution < -0.4 is 5.32 Å². The highest BCUT2D eigenvalue weighted by Crippen LogP contribution is 2.20. The van der Waals surface area contributed by atoms with Crippen LogP contribution in [0.25, 0.3) is 0 Å². The molecule has 0 saturated heterocycles. The smallest absolute Gasteiger partial charge is 0.0628 e. The van der Waals surface area contributed by atoms with Gasteiger partial charge >= 0.3 is 0 Å². The molecule has 1 atom stereocenters. The number of hydrogen-bond donors (Lipinski definition) is 1. The van der Waals surface area contributed by atoms with Crippen molar-refractivity contribution >= 4 is 0 Å². The van der Waals surface area contributed by atoms with Gasteiger partial charge in [-0.3, -0.25) is 4.68 Å². The van der Waals surface area contributed by atoms with E-state index in [0.29, 0.717) is 12.1 Å². The predicted octanol–water partition coefficient (Wildman–Crippen LogP) is 3.40. The van der Waals surface area contributed by atoms with Crippen molar-refractivity contribution < 1.29 is 0 Å². The second-order valence-electron chi connectivity index (χ2n) is 5.56. The van der Waals surface area contributed by atoms with Gasteiger partial charge in [0.05, 0.1) is 5.69 Å². The quantitative estimate of drug-likeness (QED) is 0.753. The number of nitrogens with zero attached hydrogens (tertiary/aromatic N) is 2. The van der Waals surface area contributed by atoms with E-state index in [4.69, 9.17) is 5.10 Å². The molecule has 0 amide bonds. The van der Waals surface area contributed by atoms with E-state index in [1.54, 1.807) is 0 Å². The lowest BCUT2D eigenvalue weighted by Crippen LogP contribution is -2.24. The maximum atomic E-state index is 4.69. The molecule has 18 heavy (non-hydrogen) atoms. The lowest BCUT2D eigenvalue weighted by molar-refractivity contribution is 0.464. The first-order valence-electron chi connectivity index (χ1n) is 7.25. The molecule has 1 aromatic heterocycles. The molecule has 104 valence electrons. The van der Waals surface area contributed by atoms with E-state index in [2.05, 4.69) is 51.5 Å². The maximum Gasteiger partial charge on any atom is 0.0628 e. The number of aromatic nitrogens is 2. The van der Waals surface area contributed by atoms with Crippen molar-refractivity contribution in [3.63, 3.8) is 0 Å². The molecule has 3 heteroatoms. The fourth-order valence-corrected chi connectivity index (χ4v) is 2.32. The summed E-state index contributed by atoms with van der Waals surface area (Å²) in [6.45, 7) is 14.3. The standard InChI is InChI=1S/C15H29N3/c1-7-12(4)18-14(6)15(13(5)17-18)9-8-10-16-11(2)3/h11-12,16H,7-10H2,1-6H3. The summed E-state index contributed by atoms with van der Waals surface area (Å²) in [5, 5.41) is 8.16. The van der Waals surface area contributed by atoms with E-state index in [0.717, 1.165) is 19.4 Å². The predicted molar refractivity (Wildman–Crippen MR) is 78.2 cm³/mol. The first kappa shape index (κ1) is 15.2. The molecule has 1 aromatic rings. The molecule has 0 bridgehead atoms. The van der Waals surface area contributed by atoms with E-state index in [-0.39, 0.29) is 0 Å². The van der Waals surface area contributed by atoms with E-state index in [1.807, 2.05) is 0 Å². The van der Waals surface area contributed by atoms with Crippen LogP contribution in [0.1, 0.15) is 63.5 Å². The summed E-state index contributed by atoms with van der Waals surface area (Å²) in [5.74, 6) is 0. The van der Waals surface area contributed by atoms with Crippen molar-refractivity contribution in [1.82, 2.24) is 15.1 Å². The zero-order chi connectivity index (χ0) is 13.7. The van der Waals surface area contributed by atoms with E-state index in [9.17, 15) is 0 Å². The highest BCUT2D eigenvalue weighted by Gasteiger charge is 2.14. The van der Waals surface area contributed by atoms with Crippen molar-refractivity contribution in [3.05, 3.63) is 17.0 Å². The number of hydrogen-bond acceptors (Lipinski definition) is 2. The Hall–Kier alpha value is -0.830. The Morgan fingerprint density at radius 1 is 1.22 bits per heavy atom. The molecule has 0 fully saturated rings. The van der Waals surface area contributed by atoms with Gasteiger partial charge in [0.25, 0.3) is 0 Å². The fraction of sp³-hybridized carbons (Fsp3) is 0.800. The van der Waals surface area contributed by atoms with E-state index >= 15 is 0 Å². The molecule has 0 aliphatic carbocycles. The topological polar surface area (TPSA) is 29.9 Å². The highest BCUT2D eigenvalue weighted by molar-refractivity contribution is 5.25. The monoisotopic (exact) mass is 251 g/mol. The van der Waals surface area contributed by atoms with Gasteiger partial charge in [-0.15, -0.1) is 0 Å². The molecule has 0 aromatic carbocycles. The third kappa shape index (κ3) is 3.84. The third-order valence-electron chi connectivity index (χ3n) is 3.64. The number of aryl methyl sites for hydroxylation is 1. The van der Waals surface area contributed by atoms with Crippen molar-refractivity contribution in [1.29, 1.82) is 0 Å². The van der Waals surface area contributed by atoms with Crippen LogP contribution >= 0.6 is 0 Å². The lowest BCUT2D eigenvalue weighted by Gasteiger charge is -2.12.